The molecule has 0 fully saturated rings. The second-order valence-electron chi connectivity index (χ2n) is 5.70. The molecule has 0 amide bonds. The van der Waals surface area contributed by atoms with Crippen molar-refractivity contribution in [3.8, 4) is 5.75 Å². The molecule has 0 saturated heterocycles. The van der Waals surface area contributed by atoms with Crippen LogP contribution in [0.15, 0.2) is 42.5 Å². The molecule has 2 aromatic carbocycles. The average molecular weight is 284 g/mol. The summed E-state index contributed by atoms with van der Waals surface area (Å²) in [5.74, 6) is 0.401. The van der Waals surface area contributed by atoms with E-state index in [-0.39, 0.29) is 11.9 Å². The molecule has 21 heavy (non-hydrogen) atoms. The summed E-state index contributed by atoms with van der Waals surface area (Å²) in [6, 6.07) is 12.1. The maximum absolute atomic E-state index is 13.3. The minimum absolute atomic E-state index is 0.00538. The van der Waals surface area contributed by atoms with E-state index >= 15 is 0 Å². The molecule has 2 nitrogen and oxygen atoms in total. The quantitative estimate of drug-likeness (QED) is 0.802. The molecule has 0 N–H and O–H groups in total. The Labute approximate surface area is 123 Å². The lowest BCUT2D eigenvalue weighted by molar-refractivity contribution is 0.0849. The second kappa shape index (κ2) is 5.32. The number of benzene rings is 2. The molecule has 1 heterocycles. The molecule has 1 aliphatic heterocycles. The molecule has 0 saturated carbocycles. The number of ether oxygens (including phenoxy) is 1. The van der Waals surface area contributed by atoms with E-state index in [1.807, 2.05) is 12.1 Å². The summed E-state index contributed by atoms with van der Waals surface area (Å²) < 4.78 is 19.1. The maximum Gasteiger partial charge on any atom is 0.170 e. The van der Waals surface area contributed by atoms with Crippen LogP contribution in [-0.4, -0.2) is 5.78 Å². The average Bonchev–Trinajstić information content (AvgIpc) is 2.46. The number of Topliss-reactive ketones (excluding diaryl/α,β-unsaturated/α-hetero) is 1. The van der Waals surface area contributed by atoms with Gasteiger partial charge in [0.1, 0.15) is 17.7 Å². The van der Waals surface area contributed by atoms with Crippen LogP contribution in [0.1, 0.15) is 53.8 Å². The lowest BCUT2D eigenvalue weighted by Crippen LogP contribution is -2.20. The molecule has 2 aromatic rings. The molecular formula is C18H17FO2. The van der Waals surface area contributed by atoms with Gasteiger partial charge in [0.25, 0.3) is 0 Å². The fraction of sp³-hybridized carbons (Fsp3) is 0.278. The van der Waals surface area contributed by atoms with Crippen LogP contribution in [0.4, 0.5) is 4.39 Å². The predicted octanol–water partition coefficient (Wildman–Crippen LogP) is 4.66. The van der Waals surface area contributed by atoms with E-state index in [1.165, 1.54) is 23.8 Å². The van der Waals surface area contributed by atoms with E-state index in [9.17, 15) is 9.18 Å². The van der Waals surface area contributed by atoms with Crippen molar-refractivity contribution in [1.82, 2.24) is 0 Å². The SMILES string of the molecule is CC(C)c1ccc(C2CC(=O)c3ccc(F)cc3O2)cc1. The van der Waals surface area contributed by atoms with Crippen molar-refractivity contribution in [2.24, 2.45) is 0 Å². The molecule has 108 valence electrons. The highest BCUT2D eigenvalue weighted by molar-refractivity contribution is 5.99. The Bertz CT molecular complexity index is 674. The third-order valence-corrected chi connectivity index (χ3v) is 3.86. The zero-order valence-electron chi connectivity index (χ0n) is 12.1. The van der Waals surface area contributed by atoms with Gasteiger partial charge < -0.3 is 4.74 Å². The first kappa shape index (κ1) is 13.8. The van der Waals surface area contributed by atoms with Gasteiger partial charge in [-0.25, -0.2) is 4.39 Å². The Kier molecular flexibility index (Phi) is 3.50. The van der Waals surface area contributed by atoms with E-state index in [0.29, 0.717) is 23.7 Å². The van der Waals surface area contributed by atoms with Crippen molar-refractivity contribution >= 4 is 5.78 Å². The molecular weight excluding hydrogens is 267 g/mol. The van der Waals surface area contributed by atoms with Gasteiger partial charge in [-0.1, -0.05) is 38.1 Å². The van der Waals surface area contributed by atoms with E-state index in [0.717, 1.165) is 5.56 Å². The van der Waals surface area contributed by atoms with Gasteiger partial charge in [0.15, 0.2) is 5.78 Å². The van der Waals surface area contributed by atoms with Crippen LogP contribution in [-0.2, 0) is 0 Å². The fourth-order valence-corrected chi connectivity index (χ4v) is 2.58. The highest BCUT2D eigenvalue weighted by Gasteiger charge is 2.27. The summed E-state index contributed by atoms with van der Waals surface area (Å²) in [7, 11) is 0. The smallest absolute Gasteiger partial charge is 0.170 e. The van der Waals surface area contributed by atoms with Gasteiger partial charge in [-0.15, -0.1) is 0 Å². The molecule has 3 rings (SSSR count). The lowest BCUT2D eigenvalue weighted by atomic mass is 9.94. The van der Waals surface area contributed by atoms with Crippen molar-refractivity contribution in [2.45, 2.75) is 32.3 Å². The molecule has 1 aliphatic rings. The molecule has 0 aliphatic carbocycles. The Balaban J connectivity index is 1.89. The first-order chi connectivity index (χ1) is 10.0. The number of carbonyl (C=O) groups is 1. The Morgan fingerprint density at radius 2 is 1.86 bits per heavy atom. The zero-order valence-corrected chi connectivity index (χ0v) is 12.1. The summed E-state index contributed by atoms with van der Waals surface area (Å²) in [5, 5.41) is 0. The van der Waals surface area contributed by atoms with Crippen molar-refractivity contribution in [1.29, 1.82) is 0 Å². The zero-order chi connectivity index (χ0) is 15.0. The summed E-state index contributed by atoms with van der Waals surface area (Å²) in [5.41, 5.74) is 2.65. The highest BCUT2D eigenvalue weighted by Crippen LogP contribution is 2.35. The van der Waals surface area contributed by atoms with Crippen LogP contribution >= 0.6 is 0 Å². The maximum atomic E-state index is 13.3. The van der Waals surface area contributed by atoms with Crippen molar-refractivity contribution in [3.63, 3.8) is 0 Å². The van der Waals surface area contributed by atoms with Crippen LogP contribution < -0.4 is 4.74 Å². The summed E-state index contributed by atoms with van der Waals surface area (Å²) in [6.45, 7) is 4.27. The van der Waals surface area contributed by atoms with Crippen LogP contribution in [0.25, 0.3) is 0 Å². The summed E-state index contributed by atoms with van der Waals surface area (Å²) in [6.07, 6.45) is -0.0485. The molecule has 0 spiro atoms. The number of ketones is 1. The van der Waals surface area contributed by atoms with Crippen LogP contribution in [0.2, 0.25) is 0 Å². The standard InChI is InChI=1S/C18H17FO2/c1-11(2)12-3-5-13(6-4-12)17-10-16(20)15-8-7-14(19)9-18(15)21-17/h3-9,11,17H,10H2,1-2H3. The van der Waals surface area contributed by atoms with Crippen molar-refractivity contribution in [3.05, 3.63) is 65.0 Å². The molecule has 0 bridgehead atoms. The first-order valence-corrected chi connectivity index (χ1v) is 7.14. The lowest BCUT2D eigenvalue weighted by Gasteiger charge is -2.25. The fourth-order valence-electron chi connectivity index (χ4n) is 2.58. The van der Waals surface area contributed by atoms with Gasteiger partial charge in [0, 0.05) is 6.07 Å². The minimum Gasteiger partial charge on any atom is -0.484 e. The Hall–Kier alpha value is -2.16. The minimum atomic E-state index is -0.391. The van der Waals surface area contributed by atoms with Gasteiger partial charge in [0.2, 0.25) is 0 Å². The molecule has 0 aromatic heterocycles. The van der Waals surface area contributed by atoms with E-state index in [4.69, 9.17) is 4.74 Å². The van der Waals surface area contributed by atoms with Crippen LogP contribution in [0.5, 0.6) is 5.75 Å². The van der Waals surface area contributed by atoms with E-state index < -0.39 is 5.82 Å². The molecule has 0 radical (unpaired) electrons. The first-order valence-electron chi connectivity index (χ1n) is 7.14. The van der Waals surface area contributed by atoms with Crippen molar-refractivity contribution in [2.75, 3.05) is 0 Å². The number of rotatable bonds is 2. The summed E-state index contributed by atoms with van der Waals surface area (Å²) >= 11 is 0. The largest absolute Gasteiger partial charge is 0.484 e. The number of hydrogen-bond donors (Lipinski definition) is 0. The highest BCUT2D eigenvalue weighted by atomic mass is 19.1. The van der Waals surface area contributed by atoms with Gasteiger partial charge in [-0.2, -0.15) is 0 Å². The molecule has 1 atom stereocenters. The Morgan fingerprint density at radius 1 is 1.14 bits per heavy atom. The van der Waals surface area contributed by atoms with Crippen molar-refractivity contribution < 1.29 is 13.9 Å². The van der Waals surface area contributed by atoms with E-state index in [2.05, 4.69) is 26.0 Å². The Morgan fingerprint density at radius 3 is 2.52 bits per heavy atom. The van der Waals surface area contributed by atoms with Gasteiger partial charge in [-0.3, -0.25) is 4.79 Å². The van der Waals surface area contributed by atoms with E-state index in [1.54, 1.807) is 0 Å². The monoisotopic (exact) mass is 284 g/mol. The van der Waals surface area contributed by atoms with Gasteiger partial charge >= 0.3 is 0 Å². The normalized spacial score (nSPS) is 17.5. The number of hydrogen-bond acceptors (Lipinski definition) is 2. The van der Waals surface area contributed by atoms with Crippen LogP contribution in [0, 0.1) is 5.82 Å². The second-order valence-corrected chi connectivity index (χ2v) is 5.70. The predicted molar refractivity (Wildman–Crippen MR) is 79.2 cm³/mol. The number of halogens is 1. The van der Waals surface area contributed by atoms with Crippen LogP contribution in [0.3, 0.4) is 0 Å². The van der Waals surface area contributed by atoms with Gasteiger partial charge in [0.05, 0.1) is 12.0 Å². The number of carbonyl (C=O) groups excluding carboxylic acids is 1. The number of fused-ring (bicyclic) bond motifs is 1. The summed E-state index contributed by atoms with van der Waals surface area (Å²) in [4.78, 5) is 12.2. The van der Waals surface area contributed by atoms with Gasteiger partial charge in [-0.05, 0) is 29.2 Å². The topological polar surface area (TPSA) is 26.3 Å². The molecule has 1 unspecified atom stereocenters. The third-order valence-electron chi connectivity index (χ3n) is 3.86. The molecule has 3 heteroatoms. The third kappa shape index (κ3) is 2.68.